The fourth-order valence-corrected chi connectivity index (χ4v) is 1.75. The van der Waals surface area contributed by atoms with Crippen molar-refractivity contribution in [1.82, 2.24) is 20.5 Å². The van der Waals surface area contributed by atoms with Crippen LogP contribution in [0.2, 0.25) is 0 Å². The number of anilines is 1. The van der Waals surface area contributed by atoms with Crippen molar-refractivity contribution in [3.05, 3.63) is 36.0 Å². The van der Waals surface area contributed by atoms with E-state index in [-0.39, 0.29) is 5.54 Å². The van der Waals surface area contributed by atoms with Gasteiger partial charge in [0.25, 0.3) is 0 Å². The maximum atomic E-state index is 5.66. The predicted molar refractivity (Wildman–Crippen MR) is 82.1 cm³/mol. The highest BCUT2D eigenvalue weighted by molar-refractivity contribution is 5.23. The van der Waals surface area contributed by atoms with E-state index in [0.717, 1.165) is 13.0 Å². The van der Waals surface area contributed by atoms with Gasteiger partial charge in [-0.05, 0) is 44.9 Å². The van der Waals surface area contributed by atoms with Crippen LogP contribution in [-0.2, 0) is 13.0 Å². The zero-order chi connectivity index (χ0) is 15.3. The van der Waals surface area contributed by atoms with Gasteiger partial charge in [-0.2, -0.15) is 0 Å². The molecular weight excluding hydrogens is 266 g/mol. The number of pyridine rings is 1. The Morgan fingerprint density at radius 2 is 1.90 bits per heavy atom. The zero-order valence-electron chi connectivity index (χ0n) is 13.1. The molecule has 0 saturated heterocycles. The highest BCUT2D eigenvalue weighted by atomic mass is 16.4. The lowest BCUT2D eigenvalue weighted by molar-refractivity contribution is 0.381. The topological polar surface area (TPSA) is 67.1 Å². The van der Waals surface area contributed by atoms with Crippen molar-refractivity contribution in [2.24, 2.45) is 0 Å². The second-order valence-corrected chi connectivity index (χ2v) is 6.11. The van der Waals surface area contributed by atoms with E-state index in [0.29, 0.717) is 18.5 Å². The van der Waals surface area contributed by atoms with E-state index in [1.54, 1.807) is 12.4 Å². The normalized spacial score (nSPS) is 11.6. The maximum absolute atomic E-state index is 5.66. The zero-order valence-corrected chi connectivity index (χ0v) is 13.1. The molecule has 0 aromatic carbocycles. The number of rotatable bonds is 6. The quantitative estimate of drug-likeness (QED) is 0.877. The molecule has 2 aromatic heterocycles. The van der Waals surface area contributed by atoms with E-state index >= 15 is 0 Å². The molecule has 2 aromatic rings. The third-order valence-electron chi connectivity index (χ3n) is 3.04. The lowest BCUT2D eigenvalue weighted by Crippen LogP contribution is -2.35. The minimum atomic E-state index is 0.0296. The molecule has 1 N–H and O–H groups in total. The number of nitrogens with zero attached hydrogens (tertiary/aromatic N) is 4. The van der Waals surface area contributed by atoms with E-state index < -0.39 is 0 Å². The Bertz CT molecular complexity index is 547. The summed E-state index contributed by atoms with van der Waals surface area (Å²) in [4.78, 5) is 5.98. The highest BCUT2D eigenvalue weighted by Crippen LogP contribution is 2.12. The van der Waals surface area contributed by atoms with Crippen molar-refractivity contribution >= 4 is 6.01 Å². The van der Waals surface area contributed by atoms with Gasteiger partial charge in [-0.15, -0.1) is 5.10 Å². The summed E-state index contributed by atoms with van der Waals surface area (Å²) in [5.74, 6) is 0.607. The summed E-state index contributed by atoms with van der Waals surface area (Å²) >= 11 is 0. The smallest absolute Gasteiger partial charge is 0.317 e. The van der Waals surface area contributed by atoms with Gasteiger partial charge >= 0.3 is 6.01 Å². The molecule has 21 heavy (non-hydrogen) atoms. The third kappa shape index (κ3) is 5.15. The maximum Gasteiger partial charge on any atom is 0.317 e. The van der Waals surface area contributed by atoms with Crippen LogP contribution in [0.5, 0.6) is 0 Å². The molecule has 0 aliphatic heterocycles. The highest BCUT2D eigenvalue weighted by Gasteiger charge is 2.14. The Labute approximate surface area is 125 Å². The first-order valence-corrected chi connectivity index (χ1v) is 7.11. The van der Waals surface area contributed by atoms with Crippen LogP contribution < -0.4 is 10.2 Å². The van der Waals surface area contributed by atoms with Crippen LogP contribution in [0.25, 0.3) is 0 Å². The average Bonchev–Trinajstić information content (AvgIpc) is 2.92. The van der Waals surface area contributed by atoms with E-state index in [1.165, 1.54) is 5.56 Å². The van der Waals surface area contributed by atoms with Gasteiger partial charge < -0.3 is 14.6 Å². The van der Waals surface area contributed by atoms with Crippen LogP contribution in [0, 0.1) is 0 Å². The third-order valence-corrected chi connectivity index (χ3v) is 3.04. The summed E-state index contributed by atoms with van der Waals surface area (Å²) in [6, 6.07) is 4.58. The molecule has 0 aliphatic carbocycles. The fourth-order valence-electron chi connectivity index (χ4n) is 1.75. The van der Waals surface area contributed by atoms with Crippen molar-refractivity contribution < 1.29 is 4.42 Å². The Balaban J connectivity index is 1.85. The number of nitrogens with one attached hydrogen (secondary N) is 1. The molecular formula is C15H23N5O. The van der Waals surface area contributed by atoms with E-state index in [1.807, 2.05) is 24.1 Å². The Morgan fingerprint density at radius 1 is 1.19 bits per heavy atom. The SMILES string of the molecule is CN(CCc1ccncc1)c1nnc(CNC(C)(C)C)o1. The lowest BCUT2D eigenvalue weighted by Gasteiger charge is -2.18. The molecule has 0 saturated carbocycles. The molecule has 114 valence electrons. The molecule has 2 heterocycles. The van der Waals surface area contributed by atoms with E-state index in [2.05, 4.69) is 41.3 Å². The van der Waals surface area contributed by atoms with Crippen LogP contribution in [0.3, 0.4) is 0 Å². The number of hydrogen-bond donors (Lipinski definition) is 1. The van der Waals surface area contributed by atoms with Crippen LogP contribution >= 0.6 is 0 Å². The molecule has 0 bridgehead atoms. The van der Waals surface area contributed by atoms with Crippen LogP contribution in [0.4, 0.5) is 6.01 Å². The fraction of sp³-hybridized carbons (Fsp3) is 0.533. The molecule has 0 radical (unpaired) electrons. The lowest BCUT2D eigenvalue weighted by atomic mass is 10.1. The first kappa shape index (κ1) is 15.4. The molecule has 6 heteroatoms. The molecule has 6 nitrogen and oxygen atoms in total. The van der Waals surface area contributed by atoms with E-state index in [9.17, 15) is 0 Å². The van der Waals surface area contributed by atoms with Crippen molar-refractivity contribution in [1.29, 1.82) is 0 Å². The largest absolute Gasteiger partial charge is 0.407 e. The summed E-state index contributed by atoms with van der Waals surface area (Å²) in [5, 5.41) is 11.5. The molecule has 2 rings (SSSR count). The average molecular weight is 289 g/mol. The standard InChI is InChI=1S/C15H23N5O/c1-15(2,3)17-11-13-18-19-14(21-13)20(4)10-7-12-5-8-16-9-6-12/h5-6,8-9,17H,7,10-11H2,1-4H3. The van der Waals surface area contributed by atoms with Crippen molar-refractivity contribution in [3.63, 3.8) is 0 Å². The summed E-state index contributed by atoms with van der Waals surface area (Å²) in [6.45, 7) is 7.70. The predicted octanol–water partition coefficient (Wildman–Crippen LogP) is 2.03. The van der Waals surface area contributed by atoms with Crippen LogP contribution in [0.1, 0.15) is 32.2 Å². The van der Waals surface area contributed by atoms with Gasteiger partial charge in [0.1, 0.15) is 0 Å². The van der Waals surface area contributed by atoms with Crippen molar-refractivity contribution in [2.45, 2.75) is 39.3 Å². The minimum absolute atomic E-state index is 0.0296. The number of aromatic nitrogens is 3. The van der Waals surface area contributed by atoms with Gasteiger partial charge in [0.05, 0.1) is 6.54 Å². The molecule has 0 spiro atoms. The first-order valence-electron chi connectivity index (χ1n) is 7.11. The molecule has 0 fully saturated rings. The summed E-state index contributed by atoms with van der Waals surface area (Å²) < 4.78 is 5.66. The Morgan fingerprint density at radius 3 is 2.57 bits per heavy atom. The van der Waals surface area contributed by atoms with Gasteiger partial charge in [-0.25, -0.2) is 0 Å². The minimum Gasteiger partial charge on any atom is -0.407 e. The molecule has 0 aliphatic rings. The van der Waals surface area contributed by atoms with Crippen molar-refractivity contribution in [2.75, 3.05) is 18.5 Å². The summed E-state index contributed by atoms with van der Waals surface area (Å²) in [6.07, 6.45) is 4.52. The van der Waals surface area contributed by atoms with Gasteiger partial charge in [0.15, 0.2) is 0 Å². The summed E-state index contributed by atoms with van der Waals surface area (Å²) in [5.41, 5.74) is 1.27. The number of hydrogen-bond acceptors (Lipinski definition) is 6. The van der Waals surface area contributed by atoms with Crippen LogP contribution in [0.15, 0.2) is 28.9 Å². The second-order valence-electron chi connectivity index (χ2n) is 6.11. The van der Waals surface area contributed by atoms with E-state index in [4.69, 9.17) is 4.42 Å². The van der Waals surface area contributed by atoms with Gasteiger partial charge in [0.2, 0.25) is 5.89 Å². The number of likely N-dealkylation sites (N-methyl/N-ethyl adjacent to an activating group) is 1. The molecule has 0 unspecified atom stereocenters. The van der Waals surface area contributed by atoms with Gasteiger partial charge in [-0.3, -0.25) is 4.98 Å². The van der Waals surface area contributed by atoms with Crippen molar-refractivity contribution in [3.8, 4) is 0 Å². The summed E-state index contributed by atoms with van der Waals surface area (Å²) in [7, 11) is 1.95. The Kier molecular flexibility index (Phi) is 4.90. The van der Waals surface area contributed by atoms with Crippen LogP contribution in [-0.4, -0.2) is 34.3 Å². The second kappa shape index (κ2) is 6.67. The van der Waals surface area contributed by atoms with Gasteiger partial charge in [0, 0.05) is 31.5 Å². The molecule has 0 atom stereocenters. The first-order chi connectivity index (χ1) is 9.94. The Hall–Kier alpha value is -1.95. The van der Waals surface area contributed by atoms with Gasteiger partial charge in [-0.1, -0.05) is 5.10 Å². The molecule has 0 amide bonds. The monoisotopic (exact) mass is 289 g/mol.